The van der Waals surface area contributed by atoms with Crippen LogP contribution in [0.1, 0.15) is 11.3 Å². The molecule has 0 aliphatic heterocycles. The van der Waals surface area contributed by atoms with Gasteiger partial charge in [-0.15, -0.1) is 0 Å². The molecule has 0 fully saturated rings. The number of aromatic nitrogens is 2. The molecule has 1 aromatic carbocycles. The molecule has 2 rings (SSSR count). The van der Waals surface area contributed by atoms with Crippen LogP contribution in [-0.4, -0.2) is 22.3 Å². The number of alkyl halides is 2. The van der Waals surface area contributed by atoms with Crippen molar-refractivity contribution >= 4 is 11.6 Å². The predicted octanol–water partition coefficient (Wildman–Crippen LogP) is 2.74. The van der Waals surface area contributed by atoms with Gasteiger partial charge < -0.3 is 10.1 Å². The van der Waals surface area contributed by atoms with E-state index in [0.29, 0.717) is 0 Å². The highest BCUT2D eigenvalue weighted by Crippen LogP contribution is 2.27. The highest BCUT2D eigenvalue weighted by molar-refractivity contribution is 5.92. The van der Waals surface area contributed by atoms with E-state index < -0.39 is 6.61 Å². The summed E-state index contributed by atoms with van der Waals surface area (Å²) in [6.07, 6.45) is 1.58. The molecule has 0 radical (unpaired) electrons. The van der Waals surface area contributed by atoms with Crippen LogP contribution in [-0.2, 0) is 11.3 Å². The molecular weight excluding hydrogens is 280 g/mol. The number of hydrogen-bond donors (Lipinski definition) is 1. The van der Waals surface area contributed by atoms with E-state index in [0.717, 1.165) is 11.3 Å². The molecule has 1 amide bonds. The number of carbonyl (C=O) groups is 1. The van der Waals surface area contributed by atoms with Crippen molar-refractivity contribution in [3.8, 4) is 5.75 Å². The molecule has 7 heteroatoms. The minimum Gasteiger partial charge on any atom is -0.433 e. The van der Waals surface area contributed by atoms with Gasteiger partial charge in [0.15, 0.2) is 0 Å². The predicted molar refractivity (Wildman–Crippen MR) is 73.4 cm³/mol. The SMILES string of the molecule is Cc1ccc(OC(F)F)c(NC(=O)Cn2nccc2C)c1. The molecule has 2 aromatic rings. The smallest absolute Gasteiger partial charge is 0.387 e. The lowest BCUT2D eigenvalue weighted by Crippen LogP contribution is -2.21. The van der Waals surface area contributed by atoms with E-state index in [1.54, 1.807) is 31.3 Å². The van der Waals surface area contributed by atoms with E-state index in [-0.39, 0.29) is 23.9 Å². The molecule has 0 atom stereocenters. The monoisotopic (exact) mass is 295 g/mol. The molecule has 1 heterocycles. The van der Waals surface area contributed by atoms with Crippen molar-refractivity contribution in [3.63, 3.8) is 0 Å². The third-order valence-electron chi connectivity index (χ3n) is 2.85. The number of aryl methyl sites for hydroxylation is 2. The van der Waals surface area contributed by atoms with Gasteiger partial charge in [-0.1, -0.05) is 6.07 Å². The summed E-state index contributed by atoms with van der Waals surface area (Å²) in [5.74, 6) is -0.437. The Balaban J connectivity index is 2.12. The minimum atomic E-state index is -2.95. The molecule has 1 N–H and O–H groups in total. The molecule has 0 unspecified atom stereocenters. The largest absolute Gasteiger partial charge is 0.433 e. The summed E-state index contributed by atoms with van der Waals surface area (Å²) in [4.78, 5) is 12.0. The summed E-state index contributed by atoms with van der Waals surface area (Å²) in [6.45, 7) is 0.662. The second-order valence-electron chi connectivity index (χ2n) is 4.56. The highest BCUT2D eigenvalue weighted by Gasteiger charge is 2.13. The summed E-state index contributed by atoms with van der Waals surface area (Å²) in [5, 5.41) is 6.55. The van der Waals surface area contributed by atoms with Gasteiger partial charge >= 0.3 is 6.61 Å². The quantitative estimate of drug-likeness (QED) is 0.922. The van der Waals surface area contributed by atoms with Crippen molar-refractivity contribution in [1.82, 2.24) is 9.78 Å². The number of rotatable bonds is 5. The number of nitrogens with one attached hydrogen (secondary N) is 1. The van der Waals surface area contributed by atoms with Gasteiger partial charge in [0.25, 0.3) is 0 Å². The molecule has 0 saturated carbocycles. The maximum atomic E-state index is 12.3. The number of anilines is 1. The van der Waals surface area contributed by atoms with Crippen LogP contribution in [0, 0.1) is 13.8 Å². The lowest BCUT2D eigenvalue weighted by Gasteiger charge is -2.13. The second-order valence-corrected chi connectivity index (χ2v) is 4.56. The van der Waals surface area contributed by atoms with Crippen LogP contribution in [0.3, 0.4) is 0 Å². The summed E-state index contributed by atoms with van der Waals surface area (Å²) in [6, 6.07) is 6.37. The van der Waals surface area contributed by atoms with E-state index in [9.17, 15) is 13.6 Å². The van der Waals surface area contributed by atoms with Crippen LogP contribution in [0.2, 0.25) is 0 Å². The van der Waals surface area contributed by atoms with Crippen LogP contribution in [0.5, 0.6) is 5.75 Å². The third-order valence-corrected chi connectivity index (χ3v) is 2.85. The van der Waals surface area contributed by atoms with E-state index >= 15 is 0 Å². The van der Waals surface area contributed by atoms with E-state index in [1.807, 2.05) is 6.92 Å². The molecule has 21 heavy (non-hydrogen) atoms. The fourth-order valence-corrected chi connectivity index (χ4v) is 1.83. The zero-order chi connectivity index (χ0) is 15.4. The molecule has 112 valence electrons. The molecule has 0 aliphatic carbocycles. The maximum Gasteiger partial charge on any atom is 0.387 e. The summed E-state index contributed by atoms with van der Waals surface area (Å²) < 4.78 is 30.6. The lowest BCUT2D eigenvalue weighted by molar-refractivity contribution is -0.117. The fraction of sp³-hybridized carbons (Fsp3) is 0.286. The molecule has 0 saturated heterocycles. The minimum absolute atomic E-state index is 0.000887. The van der Waals surface area contributed by atoms with Gasteiger partial charge in [0.2, 0.25) is 5.91 Å². The topological polar surface area (TPSA) is 56.1 Å². The summed E-state index contributed by atoms with van der Waals surface area (Å²) in [5.41, 5.74) is 1.87. The Hall–Kier alpha value is -2.44. The number of halogens is 2. The first-order chi connectivity index (χ1) is 9.95. The number of nitrogens with zero attached hydrogens (tertiary/aromatic N) is 2. The Bertz CT molecular complexity index is 641. The maximum absolute atomic E-state index is 12.3. The van der Waals surface area contributed by atoms with Crippen LogP contribution in [0.25, 0.3) is 0 Å². The van der Waals surface area contributed by atoms with Crippen molar-refractivity contribution in [3.05, 3.63) is 41.7 Å². The van der Waals surface area contributed by atoms with Crippen molar-refractivity contribution in [2.75, 3.05) is 5.32 Å². The number of carbonyl (C=O) groups excluding carboxylic acids is 1. The molecule has 0 spiro atoms. The van der Waals surface area contributed by atoms with E-state index in [1.165, 1.54) is 10.7 Å². The van der Waals surface area contributed by atoms with E-state index in [2.05, 4.69) is 15.2 Å². The zero-order valence-electron chi connectivity index (χ0n) is 11.6. The number of ether oxygens (including phenoxy) is 1. The molecule has 0 aliphatic rings. The Morgan fingerprint density at radius 1 is 1.38 bits per heavy atom. The average molecular weight is 295 g/mol. The van der Waals surface area contributed by atoms with Crippen molar-refractivity contribution in [1.29, 1.82) is 0 Å². The first-order valence-electron chi connectivity index (χ1n) is 6.29. The van der Waals surface area contributed by atoms with E-state index in [4.69, 9.17) is 0 Å². The number of benzene rings is 1. The first-order valence-corrected chi connectivity index (χ1v) is 6.29. The first kappa shape index (κ1) is 15.0. The Morgan fingerprint density at radius 3 is 2.76 bits per heavy atom. The molecule has 1 aromatic heterocycles. The molecule has 0 bridgehead atoms. The van der Waals surface area contributed by atoms with Crippen LogP contribution >= 0.6 is 0 Å². The van der Waals surface area contributed by atoms with Crippen LogP contribution in [0.15, 0.2) is 30.5 Å². The summed E-state index contributed by atoms with van der Waals surface area (Å²) in [7, 11) is 0. The second kappa shape index (κ2) is 6.34. The summed E-state index contributed by atoms with van der Waals surface area (Å²) >= 11 is 0. The van der Waals surface area contributed by atoms with Crippen LogP contribution in [0.4, 0.5) is 14.5 Å². The van der Waals surface area contributed by atoms with Crippen molar-refractivity contribution in [2.24, 2.45) is 0 Å². The third kappa shape index (κ3) is 4.01. The molecular formula is C14H15F2N3O2. The van der Waals surface area contributed by atoms with Gasteiger partial charge in [0.05, 0.1) is 5.69 Å². The number of hydrogen-bond acceptors (Lipinski definition) is 3. The van der Waals surface area contributed by atoms with Gasteiger partial charge in [-0.3, -0.25) is 9.48 Å². The van der Waals surface area contributed by atoms with Gasteiger partial charge in [-0.25, -0.2) is 0 Å². The Morgan fingerprint density at radius 2 is 2.14 bits per heavy atom. The Kier molecular flexibility index (Phi) is 4.52. The van der Waals surface area contributed by atoms with Gasteiger partial charge in [-0.2, -0.15) is 13.9 Å². The van der Waals surface area contributed by atoms with Crippen LogP contribution < -0.4 is 10.1 Å². The Labute approximate surface area is 120 Å². The van der Waals surface area contributed by atoms with Crippen molar-refractivity contribution < 1.29 is 18.3 Å². The average Bonchev–Trinajstić information content (AvgIpc) is 2.78. The highest BCUT2D eigenvalue weighted by atomic mass is 19.3. The van der Waals surface area contributed by atoms with Gasteiger partial charge in [0, 0.05) is 11.9 Å². The standard InChI is InChI=1S/C14H15F2N3O2/c1-9-3-4-12(21-14(15)16)11(7-9)18-13(20)8-19-10(2)5-6-17-19/h3-7,14H,8H2,1-2H3,(H,18,20). The molecule has 5 nitrogen and oxygen atoms in total. The van der Waals surface area contributed by atoms with Crippen molar-refractivity contribution in [2.45, 2.75) is 27.0 Å². The van der Waals surface area contributed by atoms with Gasteiger partial charge in [0.1, 0.15) is 12.3 Å². The normalized spacial score (nSPS) is 10.7. The fourth-order valence-electron chi connectivity index (χ4n) is 1.83. The van der Waals surface area contributed by atoms with Gasteiger partial charge in [-0.05, 0) is 37.6 Å². The lowest BCUT2D eigenvalue weighted by atomic mass is 10.2. The number of amides is 1. The zero-order valence-corrected chi connectivity index (χ0v) is 11.6.